The Hall–Kier alpha value is -1.94. The smallest absolute Gasteiger partial charge is 0.147 e. The molecule has 1 aliphatic heterocycles. The van der Waals surface area contributed by atoms with Crippen LogP contribution < -0.4 is 0 Å². The van der Waals surface area contributed by atoms with E-state index >= 15 is 0 Å². The first-order chi connectivity index (χ1) is 9.65. The molecule has 0 amide bonds. The van der Waals surface area contributed by atoms with Gasteiger partial charge in [-0.3, -0.25) is 5.41 Å². The predicted octanol–water partition coefficient (Wildman–Crippen LogP) is 2.12. The van der Waals surface area contributed by atoms with Gasteiger partial charge < -0.3 is 9.80 Å². The number of benzene rings is 1. The van der Waals surface area contributed by atoms with Crippen LogP contribution in [0.2, 0.25) is 0 Å². The molecule has 0 spiro atoms. The van der Waals surface area contributed by atoms with Crippen LogP contribution in [0.1, 0.15) is 11.3 Å². The maximum Gasteiger partial charge on any atom is 0.147 e. The summed E-state index contributed by atoms with van der Waals surface area (Å²) in [6.45, 7) is 5.92. The van der Waals surface area contributed by atoms with E-state index in [4.69, 9.17) is 5.41 Å². The number of amidine groups is 1. The number of aromatic nitrogens is 1. The Labute approximate surface area is 119 Å². The molecule has 1 saturated heterocycles. The summed E-state index contributed by atoms with van der Waals surface area (Å²) in [6, 6.07) is 10.2. The molecule has 1 aliphatic rings. The van der Waals surface area contributed by atoms with E-state index in [0.29, 0.717) is 5.84 Å². The van der Waals surface area contributed by atoms with E-state index in [1.807, 2.05) is 24.3 Å². The van der Waals surface area contributed by atoms with Crippen molar-refractivity contribution in [1.29, 1.82) is 5.41 Å². The molecule has 0 saturated carbocycles. The van der Waals surface area contributed by atoms with Crippen LogP contribution in [0.25, 0.3) is 10.9 Å². The Bertz CT molecular complexity index is 642. The summed E-state index contributed by atoms with van der Waals surface area (Å²) in [5, 5.41) is 9.58. The number of nitrogens with one attached hydrogen (secondary N) is 1. The van der Waals surface area contributed by atoms with Crippen LogP contribution in [0.3, 0.4) is 0 Å². The van der Waals surface area contributed by atoms with Crippen LogP contribution in [0.4, 0.5) is 0 Å². The van der Waals surface area contributed by atoms with Crippen LogP contribution in [-0.2, 0) is 0 Å². The minimum atomic E-state index is 0.548. The topological polar surface area (TPSA) is 43.2 Å². The molecule has 0 atom stereocenters. The zero-order valence-electron chi connectivity index (χ0n) is 12.1. The van der Waals surface area contributed by atoms with E-state index in [9.17, 15) is 0 Å². The van der Waals surface area contributed by atoms with E-state index in [-0.39, 0.29) is 0 Å². The van der Waals surface area contributed by atoms with Crippen molar-refractivity contribution in [3.8, 4) is 0 Å². The van der Waals surface area contributed by atoms with Gasteiger partial charge in [0.2, 0.25) is 0 Å². The molecular weight excluding hydrogens is 248 g/mol. The molecule has 0 bridgehead atoms. The number of hydrogen-bond acceptors (Lipinski definition) is 3. The first-order valence-electron chi connectivity index (χ1n) is 7.04. The molecule has 0 aliphatic carbocycles. The summed E-state index contributed by atoms with van der Waals surface area (Å²) in [5.41, 5.74) is 2.94. The van der Waals surface area contributed by atoms with Gasteiger partial charge in [0.25, 0.3) is 0 Å². The molecule has 2 heterocycles. The predicted molar refractivity (Wildman–Crippen MR) is 82.4 cm³/mol. The van der Waals surface area contributed by atoms with Gasteiger partial charge in [0.15, 0.2) is 0 Å². The molecule has 1 aromatic heterocycles. The largest absolute Gasteiger partial charge is 0.353 e. The van der Waals surface area contributed by atoms with Gasteiger partial charge in [0.05, 0.1) is 5.52 Å². The Kier molecular flexibility index (Phi) is 3.40. The van der Waals surface area contributed by atoms with E-state index in [2.05, 4.69) is 34.8 Å². The minimum absolute atomic E-state index is 0.548. The molecular formula is C16H20N4. The maximum absolute atomic E-state index is 8.41. The average Bonchev–Trinajstić information content (AvgIpc) is 2.47. The van der Waals surface area contributed by atoms with E-state index < -0.39 is 0 Å². The normalized spacial score (nSPS) is 16.6. The molecule has 1 N–H and O–H groups in total. The number of hydrogen-bond donors (Lipinski definition) is 1. The van der Waals surface area contributed by atoms with Crippen molar-refractivity contribution in [1.82, 2.24) is 14.8 Å². The molecule has 20 heavy (non-hydrogen) atoms. The number of nitrogens with zero attached hydrogens (tertiary/aromatic N) is 3. The van der Waals surface area contributed by atoms with Gasteiger partial charge in [-0.1, -0.05) is 18.2 Å². The average molecular weight is 268 g/mol. The molecule has 0 unspecified atom stereocenters. The summed E-state index contributed by atoms with van der Waals surface area (Å²) < 4.78 is 0. The minimum Gasteiger partial charge on any atom is -0.353 e. The van der Waals surface area contributed by atoms with Crippen molar-refractivity contribution in [3.63, 3.8) is 0 Å². The van der Waals surface area contributed by atoms with Crippen LogP contribution in [-0.4, -0.2) is 53.8 Å². The Morgan fingerprint density at radius 1 is 1.15 bits per heavy atom. The molecule has 0 radical (unpaired) electrons. The lowest BCUT2D eigenvalue weighted by molar-refractivity contribution is 0.215. The van der Waals surface area contributed by atoms with Gasteiger partial charge in [0.1, 0.15) is 11.5 Å². The second kappa shape index (κ2) is 5.21. The number of likely N-dealkylation sites (N-methyl/N-ethyl adjacent to an activating group) is 1. The molecule has 2 aromatic rings. The van der Waals surface area contributed by atoms with Gasteiger partial charge in [-0.15, -0.1) is 0 Å². The third-order valence-electron chi connectivity index (χ3n) is 3.99. The number of fused-ring (bicyclic) bond motifs is 1. The monoisotopic (exact) mass is 268 g/mol. The second-order valence-electron chi connectivity index (χ2n) is 5.48. The summed E-state index contributed by atoms with van der Waals surface area (Å²) in [5.74, 6) is 0.548. The van der Waals surface area contributed by atoms with Gasteiger partial charge in [-0.25, -0.2) is 4.98 Å². The number of pyridine rings is 1. The Morgan fingerprint density at radius 2 is 1.85 bits per heavy atom. The summed E-state index contributed by atoms with van der Waals surface area (Å²) in [6.07, 6.45) is 0. The van der Waals surface area contributed by atoms with Gasteiger partial charge >= 0.3 is 0 Å². The molecule has 4 heteroatoms. The highest BCUT2D eigenvalue weighted by Crippen LogP contribution is 2.18. The fraction of sp³-hybridized carbons (Fsp3) is 0.375. The Morgan fingerprint density at radius 3 is 2.60 bits per heavy atom. The second-order valence-corrected chi connectivity index (χ2v) is 5.48. The first kappa shape index (κ1) is 13.1. The molecule has 1 aromatic carbocycles. The summed E-state index contributed by atoms with van der Waals surface area (Å²) >= 11 is 0. The third kappa shape index (κ3) is 2.39. The van der Waals surface area contributed by atoms with Gasteiger partial charge in [-0.05, 0) is 31.7 Å². The zero-order valence-corrected chi connectivity index (χ0v) is 12.1. The first-order valence-corrected chi connectivity index (χ1v) is 7.04. The third-order valence-corrected chi connectivity index (χ3v) is 3.99. The van der Waals surface area contributed by atoms with Crippen molar-refractivity contribution in [2.24, 2.45) is 0 Å². The quantitative estimate of drug-likeness (QED) is 0.636. The lowest BCUT2D eigenvalue weighted by Gasteiger charge is -2.33. The standard InChI is InChI=1S/C16H20N4/c1-12-11-15(18-14-6-4-3-5-13(12)14)16(17)20-9-7-19(2)8-10-20/h3-6,11,17H,7-10H2,1-2H3. The van der Waals surface area contributed by atoms with E-state index in [0.717, 1.165) is 37.4 Å². The molecule has 3 rings (SSSR count). The number of para-hydroxylation sites is 1. The van der Waals surface area contributed by atoms with Crippen molar-refractivity contribution in [3.05, 3.63) is 41.6 Å². The highest BCUT2D eigenvalue weighted by atomic mass is 15.3. The van der Waals surface area contributed by atoms with Crippen LogP contribution >= 0.6 is 0 Å². The number of rotatable bonds is 1. The zero-order chi connectivity index (χ0) is 14.1. The fourth-order valence-electron chi connectivity index (χ4n) is 2.66. The van der Waals surface area contributed by atoms with Crippen LogP contribution in [0.15, 0.2) is 30.3 Å². The van der Waals surface area contributed by atoms with Crippen LogP contribution in [0, 0.1) is 12.3 Å². The lowest BCUT2D eigenvalue weighted by atomic mass is 10.1. The SMILES string of the molecule is Cc1cc(C(=N)N2CCN(C)CC2)nc2ccccc12. The van der Waals surface area contributed by atoms with Gasteiger partial charge in [0, 0.05) is 31.6 Å². The number of piperazine rings is 1. The van der Waals surface area contributed by atoms with Gasteiger partial charge in [-0.2, -0.15) is 0 Å². The highest BCUT2D eigenvalue weighted by Gasteiger charge is 2.19. The van der Waals surface area contributed by atoms with Crippen LogP contribution in [0.5, 0.6) is 0 Å². The number of aryl methyl sites for hydroxylation is 1. The van der Waals surface area contributed by atoms with E-state index in [1.165, 1.54) is 10.9 Å². The van der Waals surface area contributed by atoms with Crippen molar-refractivity contribution >= 4 is 16.7 Å². The Balaban J connectivity index is 1.92. The molecule has 104 valence electrons. The molecule has 4 nitrogen and oxygen atoms in total. The summed E-state index contributed by atoms with van der Waals surface area (Å²) in [4.78, 5) is 9.07. The van der Waals surface area contributed by atoms with Crippen molar-refractivity contribution in [2.45, 2.75) is 6.92 Å². The van der Waals surface area contributed by atoms with Crippen molar-refractivity contribution < 1.29 is 0 Å². The van der Waals surface area contributed by atoms with E-state index in [1.54, 1.807) is 0 Å². The maximum atomic E-state index is 8.41. The molecule has 1 fully saturated rings. The summed E-state index contributed by atoms with van der Waals surface area (Å²) in [7, 11) is 2.12. The van der Waals surface area contributed by atoms with Crippen molar-refractivity contribution in [2.75, 3.05) is 33.2 Å². The highest BCUT2D eigenvalue weighted by molar-refractivity contribution is 5.97. The lowest BCUT2D eigenvalue weighted by Crippen LogP contribution is -2.47. The fourth-order valence-corrected chi connectivity index (χ4v) is 2.66.